The number of hydrogen-bond donors (Lipinski definition) is 2. The summed E-state index contributed by atoms with van der Waals surface area (Å²) in [6.07, 6.45) is 4.29. The van der Waals surface area contributed by atoms with Crippen LogP contribution in [0.5, 0.6) is 0 Å². The van der Waals surface area contributed by atoms with Crippen LogP contribution in [-0.4, -0.2) is 37.5 Å². The van der Waals surface area contributed by atoms with Gasteiger partial charge < -0.3 is 5.73 Å². The molecule has 186 valence electrons. The lowest BCUT2D eigenvalue weighted by molar-refractivity contribution is 0.331. The van der Waals surface area contributed by atoms with E-state index in [4.69, 9.17) is 15.7 Å². The molecule has 0 spiro atoms. The maximum Gasteiger partial charge on any atom is 0.165 e. The number of rotatable bonds is 5. The van der Waals surface area contributed by atoms with Crippen LogP contribution in [0.15, 0.2) is 97.0 Å². The molecule has 6 rings (SSSR count). The number of likely N-dealkylation sites (tertiary alicyclic amines) is 1. The Balaban J connectivity index is 0.000000892. The normalized spacial score (nSPS) is 13.3. The van der Waals surface area contributed by atoms with E-state index in [1.54, 1.807) is 6.20 Å². The van der Waals surface area contributed by atoms with Gasteiger partial charge in [-0.25, -0.2) is 15.0 Å². The highest BCUT2D eigenvalue weighted by Gasteiger charge is 2.19. The standard InChI is InChI=1S/C28H26N6.C2H4S/c29-26-23(9-6-16-30-26)27-32-25-15-14-24(21-7-2-1-3-8-21)31-28(25)34(27)22-12-10-20(11-13-22)19-33-17-4-5-18-33;1-2-3/h1-3,6-16H,4-5,17-19H2,(H2,29,30);2-3H,1H2. The second-order valence-corrected chi connectivity index (χ2v) is 9.31. The molecule has 1 fully saturated rings. The van der Waals surface area contributed by atoms with Gasteiger partial charge in [-0.15, -0.1) is 0 Å². The monoisotopic (exact) mass is 506 g/mol. The van der Waals surface area contributed by atoms with E-state index in [1.807, 2.05) is 42.5 Å². The molecule has 2 aromatic carbocycles. The van der Waals surface area contributed by atoms with E-state index in [-0.39, 0.29) is 0 Å². The van der Waals surface area contributed by atoms with E-state index in [0.717, 1.165) is 46.0 Å². The van der Waals surface area contributed by atoms with Crippen molar-refractivity contribution >= 4 is 29.6 Å². The molecule has 6 nitrogen and oxygen atoms in total. The third-order valence-corrected chi connectivity index (χ3v) is 6.45. The highest BCUT2D eigenvalue weighted by Crippen LogP contribution is 2.31. The SMILES string of the molecule is C=CS.Nc1ncccc1-c1nc2ccc(-c3ccccc3)nc2n1-c1ccc(CN2CCCC2)cc1. The number of nitrogen functional groups attached to an aromatic ring is 1. The van der Waals surface area contributed by atoms with Crippen LogP contribution in [0.4, 0.5) is 5.82 Å². The Hall–Kier alpha value is -3.94. The number of nitrogens with zero attached hydrogens (tertiary/aromatic N) is 5. The largest absolute Gasteiger partial charge is 0.383 e. The summed E-state index contributed by atoms with van der Waals surface area (Å²) in [5.41, 5.74) is 13.0. The van der Waals surface area contributed by atoms with Crippen LogP contribution in [0.1, 0.15) is 18.4 Å². The van der Waals surface area contributed by atoms with Gasteiger partial charge in [0, 0.05) is 24.0 Å². The van der Waals surface area contributed by atoms with Crippen molar-refractivity contribution in [2.24, 2.45) is 0 Å². The number of nitrogens with two attached hydrogens (primary N) is 1. The average Bonchev–Trinajstić information content (AvgIpc) is 3.58. The molecule has 7 heteroatoms. The van der Waals surface area contributed by atoms with Crippen LogP contribution < -0.4 is 5.73 Å². The van der Waals surface area contributed by atoms with Crippen molar-refractivity contribution < 1.29 is 0 Å². The smallest absolute Gasteiger partial charge is 0.165 e. The van der Waals surface area contributed by atoms with Gasteiger partial charge in [0.05, 0.1) is 11.3 Å². The van der Waals surface area contributed by atoms with Crippen molar-refractivity contribution in [1.29, 1.82) is 0 Å². The second kappa shape index (κ2) is 11.4. The summed E-state index contributed by atoms with van der Waals surface area (Å²) in [6, 6.07) is 26.8. The predicted octanol–water partition coefficient (Wildman–Crippen LogP) is 6.39. The highest BCUT2D eigenvalue weighted by molar-refractivity contribution is 7.83. The number of thiol groups is 1. The number of aromatic nitrogens is 4. The molecule has 0 unspecified atom stereocenters. The Morgan fingerprint density at radius 3 is 2.32 bits per heavy atom. The fourth-order valence-corrected chi connectivity index (χ4v) is 4.71. The van der Waals surface area contributed by atoms with Crippen molar-refractivity contribution in [3.8, 4) is 28.3 Å². The van der Waals surface area contributed by atoms with Crippen molar-refractivity contribution in [1.82, 2.24) is 24.4 Å². The lowest BCUT2D eigenvalue weighted by atomic mass is 10.1. The maximum absolute atomic E-state index is 6.27. The van der Waals surface area contributed by atoms with Crippen LogP contribution >= 0.6 is 12.6 Å². The number of pyridine rings is 2. The first-order valence-corrected chi connectivity index (χ1v) is 12.9. The first-order chi connectivity index (χ1) is 18.2. The van der Waals surface area contributed by atoms with Crippen LogP contribution in [0.2, 0.25) is 0 Å². The van der Waals surface area contributed by atoms with E-state index in [1.165, 1.54) is 36.9 Å². The highest BCUT2D eigenvalue weighted by atomic mass is 32.1. The Morgan fingerprint density at radius 1 is 0.892 bits per heavy atom. The molecule has 0 saturated carbocycles. The molecular formula is C30H30N6S. The quantitative estimate of drug-likeness (QED) is 0.270. The van der Waals surface area contributed by atoms with E-state index in [0.29, 0.717) is 5.82 Å². The van der Waals surface area contributed by atoms with Crippen molar-refractivity contribution in [3.63, 3.8) is 0 Å². The fraction of sp³-hybridized carbons (Fsp3) is 0.167. The Labute approximate surface area is 222 Å². The lowest BCUT2D eigenvalue weighted by Crippen LogP contribution is -2.18. The molecule has 0 atom stereocenters. The molecule has 5 aromatic rings. The van der Waals surface area contributed by atoms with E-state index >= 15 is 0 Å². The van der Waals surface area contributed by atoms with Crippen LogP contribution in [0.3, 0.4) is 0 Å². The first-order valence-electron chi connectivity index (χ1n) is 12.4. The van der Waals surface area contributed by atoms with Crippen LogP contribution in [0.25, 0.3) is 39.5 Å². The molecular weight excluding hydrogens is 476 g/mol. The van der Waals surface area contributed by atoms with E-state index in [9.17, 15) is 0 Å². The second-order valence-electron chi connectivity index (χ2n) is 8.94. The van der Waals surface area contributed by atoms with Gasteiger partial charge in [0.25, 0.3) is 0 Å². The molecule has 4 heterocycles. The minimum Gasteiger partial charge on any atom is -0.383 e. The molecule has 2 N–H and O–H groups in total. The zero-order chi connectivity index (χ0) is 25.6. The number of hydrogen-bond acceptors (Lipinski definition) is 6. The summed E-state index contributed by atoms with van der Waals surface area (Å²) < 4.78 is 2.09. The van der Waals surface area contributed by atoms with Gasteiger partial charge in [0.15, 0.2) is 11.5 Å². The van der Waals surface area contributed by atoms with E-state index < -0.39 is 0 Å². The molecule has 0 radical (unpaired) electrons. The lowest BCUT2D eigenvalue weighted by Gasteiger charge is -2.15. The van der Waals surface area contributed by atoms with Gasteiger partial charge in [-0.05, 0) is 73.3 Å². The Bertz CT molecular complexity index is 1490. The molecule has 1 aliphatic rings. The van der Waals surface area contributed by atoms with E-state index in [2.05, 4.69) is 70.1 Å². The number of benzene rings is 2. The Kier molecular flexibility index (Phi) is 7.63. The van der Waals surface area contributed by atoms with Crippen molar-refractivity contribution in [2.45, 2.75) is 19.4 Å². The van der Waals surface area contributed by atoms with Gasteiger partial charge in [0.1, 0.15) is 11.3 Å². The predicted molar refractivity (Wildman–Crippen MR) is 156 cm³/mol. The van der Waals surface area contributed by atoms with Gasteiger partial charge in [0.2, 0.25) is 0 Å². The average molecular weight is 507 g/mol. The molecule has 1 aliphatic heterocycles. The molecule has 0 amide bonds. The Morgan fingerprint density at radius 2 is 1.62 bits per heavy atom. The zero-order valence-corrected chi connectivity index (χ0v) is 21.6. The van der Waals surface area contributed by atoms with Gasteiger partial charge >= 0.3 is 0 Å². The third-order valence-electron chi connectivity index (χ3n) is 6.45. The third kappa shape index (κ3) is 5.43. The summed E-state index contributed by atoms with van der Waals surface area (Å²) in [7, 11) is 0. The molecule has 1 saturated heterocycles. The minimum absolute atomic E-state index is 0.452. The summed E-state index contributed by atoms with van der Waals surface area (Å²) in [5.74, 6) is 1.19. The first kappa shape index (κ1) is 24.7. The van der Waals surface area contributed by atoms with Gasteiger partial charge in [-0.3, -0.25) is 9.47 Å². The molecule has 0 bridgehead atoms. The van der Waals surface area contributed by atoms with Crippen molar-refractivity contribution in [3.05, 3.63) is 103 Å². The summed E-state index contributed by atoms with van der Waals surface area (Å²) in [5, 5.41) is 1.44. The molecule has 37 heavy (non-hydrogen) atoms. The van der Waals surface area contributed by atoms with Crippen LogP contribution in [0, 0.1) is 0 Å². The molecule has 3 aromatic heterocycles. The number of anilines is 1. The summed E-state index contributed by atoms with van der Waals surface area (Å²) in [6.45, 7) is 6.59. The minimum atomic E-state index is 0.452. The zero-order valence-electron chi connectivity index (χ0n) is 20.7. The summed E-state index contributed by atoms with van der Waals surface area (Å²) in [4.78, 5) is 16.8. The summed E-state index contributed by atoms with van der Waals surface area (Å²) >= 11 is 3.55. The number of imidazole rings is 1. The van der Waals surface area contributed by atoms with Crippen LogP contribution in [-0.2, 0) is 6.54 Å². The fourth-order valence-electron chi connectivity index (χ4n) is 4.71. The van der Waals surface area contributed by atoms with Gasteiger partial charge in [-0.2, -0.15) is 12.6 Å². The molecule has 0 aliphatic carbocycles. The number of fused-ring (bicyclic) bond motifs is 1. The van der Waals surface area contributed by atoms with Crippen molar-refractivity contribution in [2.75, 3.05) is 18.8 Å². The maximum atomic E-state index is 6.27. The topological polar surface area (TPSA) is 72.9 Å². The van der Waals surface area contributed by atoms with Gasteiger partial charge in [-0.1, -0.05) is 49.0 Å².